The van der Waals surface area contributed by atoms with Crippen molar-refractivity contribution in [1.82, 2.24) is 4.90 Å². The maximum Gasteiger partial charge on any atom is 0.236 e. The van der Waals surface area contributed by atoms with Crippen LogP contribution in [-0.4, -0.2) is 51.0 Å². The molecule has 0 spiro atoms. The molecule has 0 unspecified atom stereocenters. The van der Waals surface area contributed by atoms with Crippen molar-refractivity contribution in [1.29, 1.82) is 0 Å². The molecule has 2 rings (SSSR count). The van der Waals surface area contributed by atoms with Gasteiger partial charge in [-0.05, 0) is 31.9 Å². The minimum atomic E-state index is -1.78. The number of amides is 1. The van der Waals surface area contributed by atoms with Gasteiger partial charge in [0.1, 0.15) is 0 Å². The highest BCUT2D eigenvalue weighted by Crippen LogP contribution is 2.40. The number of ketones is 1. The molecular formula is C17H27NO3Si. The Morgan fingerprint density at radius 3 is 2.73 bits per heavy atom. The Morgan fingerprint density at radius 1 is 1.45 bits per heavy atom. The quantitative estimate of drug-likeness (QED) is 0.748. The van der Waals surface area contributed by atoms with E-state index in [0.29, 0.717) is 6.61 Å². The Hall–Kier alpha value is -1.20. The summed E-state index contributed by atoms with van der Waals surface area (Å²) in [5, 5.41) is 1.03. The Labute approximate surface area is 134 Å². The van der Waals surface area contributed by atoms with Gasteiger partial charge in [-0.2, -0.15) is 0 Å². The molecule has 5 heteroatoms. The van der Waals surface area contributed by atoms with Crippen LogP contribution in [0.15, 0.2) is 23.4 Å². The maximum atomic E-state index is 13.3. The number of rotatable bonds is 4. The lowest BCUT2D eigenvalue weighted by molar-refractivity contribution is -0.138. The van der Waals surface area contributed by atoms with Gasteiger partial charge in [-0.15, -0.1) is 0 Å². The normalized spacial score (nSPS) is 29.0. The Bertz CT molecular complexity index is 533. The van der Waals surface area contributed by atoms with E-state index in [2.05, 4.69) is 19.6 Å². The van der Waals surface area contributed by atoms with Crippen molar-refractivity contribution in [2.75, 3.05) is 20.3 Å². The number of carbonyl (C=O) groups is 2. The minimum Gasteiger partial charge on any atom is -0.383 e. The number of hydrogen-bond donors (Lipinski definition) is 0. The molecule has 4 nitrogen and oxygen atoms in total. The molecule has 0 radical (unpaired) electrons. The van der Waals surface area contributed by atoms with Crippen molar-refractivity contribution >= 4 is 19.8 Å². The zero-order valence-electron chi connectivity index (χ0n) is 14.3. The number of likely N-dealkylation sites (tertiary alicyclic amines) is 1. The summed E-state index contributed by atoms with van der Waals surface area (Å²) in [6.45, 7) is 9.89. The summed E-state index contributed by atoms with van der Waals surface area (Å²) in [4.78, 5) is 27.0. The molecule has 22 heavy (non-hydrogen) atoms. The van der Waals surface area contributed by atoms with Crippen LogP contribution in [0.1, 0.15) is 19.8 Å². The third kappa shape index (κ3) is 3.10. The molecule has 0 aromatic rings. The lowest BCUT2D eigenvalue weighted by Gasteiger charge is -2.40. The lowest BCUT2D eigenvalue weighted by Crippen LogP contribution is -2.50. The van der Waals surface area contributed by atoms with E-state index in [4.69, 9.17) is 4.74 Å². The first-order valence-electron chi connectivity index (χ1n) is 7.96. The molecule has 0 N–H and O–H groups in total. The van der Waals surface area contributed by atoms with E-state index >= 15 is 0 Å². The Morgan fingerprint density at radius 2 is 2.14 bits per heavy atom. The molecule has 1 aliphatic carbocycles. The molecule has 1 aliphatic heterocycles. The highest BCUT2D eigenvalue weighted by atomic mass is 28.3. The van der Waals surface area contributed by atoms with Gasteiger partial charge in [-0.25, -0.2) is 0 Å². The van der Waals surface area contributed by atoms with Gasteiger partial charge < -0.3 is 9.64 Å². The SMILES string of the molecule is COC[C@@H]1CCCN1C(=O)[C@@]1(C)C=CC(=O)C=C1[Si](C)(C)C. The molecule has 1 amide bonds. The summed E-state index contributed by atoms with van der Waals surface area (Å²) in [5.74, 6) is 0.113. The zero-order valence-corrected chi connectivity index (χ0v) is 15.3. The molecule has 0 aromatic carbocycles. The highest BCUT2D eigenvalue weighted by molar-refractivity contribution is 6.84. The summed E-state index contributed by atoms with van der Waals surface area (Å²) in [7, 11) is -0.102. The average molecular weight is 321 g/mol. The van der Waals surface area contributed by atoms with E-state index in [9.17, 15) is 9.59 Å². The second-order valence-corrected chi connectivity index (χ2v) is 12.5. The third-order valence-corrected chi connectivity index (χ3v) is 6.96. The second-order valence-electron chi connectivity index (χ2n) is 7.50. The topological polar surface area (TPSA) is 46.6 Å². The van der Waals surface area contributed by atoms with Gasteiger partial charge in [0.15, 0.2) is 5.78 Å². The van der Waals surface area contributed by atoms with Crippen molar-refractivity contribution in [2.24, 2.45) is 5.41 Å². The standard InChI is InChI=1S/C17H27NO3Si/c1-17(9-8-14(19)11-15(17)22(3,4)5)16(20)18-10-6-7-13(18)12-21-2/h8-9,11,13H,6-7,10,12H2,1-5H3/t13-,17-/m0/s1. The number of carbonyl (C=O) groups excluding carboxylic acids is 2. The van der Waals surface area contributed by atoms with Crippen molar-refractivity contribution < 1.29 is 14.3 Å². The van der Waals surface area contributed by atoms with Crippen LogP contribution in [0.4, 0.5) is 0 Å². The lowest BCUT2D eigenvalue weighted by atomic mass is 9.83. The first kappa shape index (κ1) is 17.2. The van der Waals surface area contributed by atoms with Crippen LogP contribution in [0.2, 0.25) is 19.6 Å². The van der Waals surface area contributed by atoms with E-state index in [1.807, 2.05) is 17.9 Å². The first-order chi connectivity index (χ1) is 10.2. The Kier molecular flexibility index (Phi) is 4.78. The first-order valence-corrected chi connectivity index (χ1v) is 11.5. The smallest absolute Gasteiger partial charge is 0.236 e. The van der Waals surface area contributed by atoms with Crippen molar-refractivity contribution in [3.63, 3.8) is 0 Å². The van der Waals surface area contributed by atoms with Crippen LogP contribution in [0.25, 0.3) is 0 Å². The maximum absolute atomic E-state index is 13.3. The summed E-state index contributed by atoms with van der Waals surface area (Å²) < 4.78 is 5.27. The van der Waals surface area contributed by atoms with Crippen LogP contribution < -0.4 is 0 Å². The molecule has 0 saturated carbocycles. The number of nitrogens with zero attached hydrogens (tertiary/aromatic N) is 1. The summed E-state index contributed by atoms with van der Waals surface area (Å²) >= 11 is 0. The molecule has 1 fully saturated rings. The Balaban J connectivity index is 2.35. The van der Waals surface area contributed by atoms with Crippen molar-refractivity contribution in [3.05, 3.63) is 23.4 Å². The predicted molar refractivity (Wildman–Crippen MR) is 90.3 cm³/mol. The predicted octanol–water partition coefficient (Wildman–Crippen LogP) is 2.57. The molecule has 122 valence electrons. The van der Waals surface area contributed by atoms with Gasteiger partial charge in [0.05, 0.1) is 26.1 Å². The van der Waals surface area contributed by atoms with Crippen LogP contribution in [-0.2, 0) is 14.3 Å². The van der Waals surface area contributed by atoms with E-state index < -0.39 is 13.5 Å². The number of methoxy groups -OCH3 is 1. The summed E-state index contributed by atoms with van der Waals surface area (Å²) in [6, 6.07) is 0.156. The van der Waals surface area contributed by atoms with E-state index in [-0.39, 0.29) is 17.7 Å². The molecular weight excluding hydrogens is 294 g/mol. The van der Waals surface area contributed by atoms with Gasteiger partial charge in [-0.1, -0.05) is 30.9 Å². The van der Waals surface area contributed by atoms with Gasteiger partial charge in [0, 0.05) is 13.7 Å². The van der Waals surface area contributed by atoms with Gasteiger partial charge in [-0.3, -0.25) is 9.59 Å². The van der Waals surface area contributed by atoms with E-state index in [1.165, 1.54) is 0 Å². The van der Waals surface area contributed by atoms with Crippen LogP contribution in [0.5, 0.6) is 0 Å². The van der Waals surface area contributed by atoms with Gasteiger partial charge in [0.25, 0.3) is 0 Å². The largest absolute Gasteiger partial charge is 0.383 e. The van der Waals surface area contributed by atoms with Crippen molar-refractivity contribution in [2.45, 2.75) is 45.4 Å². The van der Waals surface area contributed by atoms with Gasteiger partial charge in [0.2, 0.25) is 5.91 Å². The molecule has 1 saturated heterocycles. The fourth-order valence-electron chi connectivity index (χ4n) is 3.63. The summed E-state index contributed by atoms with van der Waals surface area (Å²) in [5.41, 5.74) is -0.686. The number of hydrogen-bond acceptors (Lipinski definition) is 3. The molecule has 2 atom stereocenters. The highest BCUT2D eigenvalue weighted by Gasteiger charge is 2.46. The average Bonchev–Trinajstić information content (AvgIpc) is 2.88. The molecule has 0 bridgehead atoms. The van der Waals surface area contributed by atoms with Crippen LogP contribution in [0, 0.1) is 5.41 Å². The van der Waals surface area contributed by atoms with Crippen LogP contribution in [0.3, 0.4) is 0 Å². The van der Waals surface area contributed by atoms with E-state index in [1.54, 1.807) is 19.3 Å². The second kappa shape index (κ2) is 6.12. The molecule has 0 aromatic heterocycles. The van der Waals surface area contributed by atoms with Crippen molar-refractivity contribution in [3.8, 4) is 0 Å². The summed E-state index contributed by atoms with van der Waals surface area (Å²) in [6.07, 6.45) is 7.07. The fourth-order valence-corrected chi connectivity index (χ4v) is 5.95. The number of ether oxygens (including phenoxy) is 1. The van der Waals surface area contributed by atoms with Gasteiger partial charge >= 0.3 is 0 Å². The zero-order chi connectivity index (χ0) is 16.5. The minimum absolute atomic E-state index is 0.00226. The number of allylic oxidation sites excluding steroid dienone is 2. The fraction of sp³-hybridized carbons (Fsp3) is 0.647. The van der Waals surface area contributed by atoms with E-state index in [0.717, 1.165) is 24.6 Å². The third-order valence-electron chi connectivity index (χ3n) is 4.68. The molecule has 1 heterocycles. The van der Waals surface area contributed by atoms with Crippen LogP contribution >= 0.6 is 0 Å². The monoisotopic (exact) mass is 321 g/mol. The molecule has 2 aliphatic rings.